The lowest BCUT2D eigenvalue weighted by Gasteiger charge is -2.31. The van der Waals surface area contributed by atoms with Crippen LogP contribution in [0, 0.1) is 11.8 Å². The van der Waals surface area contributed by atoms with Gasteiger partial charge in [0, 0.05) is 26.4 Å². The molecular formula is C13H25NO2. The molecule has 2 aliphatic rings. The summed E-state index contributed by atoms with van der Waals surface area (Å²) < 4.78 is 11.1. The first-order valence-corrected chi connectivity index (χ1v) is 6.63. The number of rotatable bonds is 6. The van der Waals surface area contributed by atoms with Crippen molar-refractivity contribution in [1.82, 2.24) is 5.32 Å². The zero-order valence-electron chi connectivity index (χ0n) is 10.6. The fourth-order valence-electron chi connectivity index (χ4n) is 2.87. The van der Waals surface area contributed by atoms with Crippen molar-refractivity contribution in [2.24, 2.45) is 11.8 Å². The summed E-state index contributed by atoms with van der Waals surface area (Å²) in [4.78, 5) is 0. The Hall–Kier alpha value is -0.120. The summed E-state index contributed by atoms with van der Waals surface area (Å²) >= 11 is 0. The predicted molar refractivity (Wildman–Crippen MR) is 64.5 cm³/mol. The summed E-state index contributed by atoms with van der Waals surface area (Å²) in [6, 6.07) is 0.528. The number of nitrogens with one attached hydrogen (secondary N) is 1. The first-order valence-electron chi connectivity index (χ1n) is 6.63. The summed E-state index contributed by atoms with van der Waals surface area (Å²) in [5.41, 5.74) is 0. The maximum atomic E-state index is 5.68. The van der Waals surface area contributed by atoms with E-state index < -0.39 is 0 Å². The average Bonchev–Trinajstić information content (AvgIpc) is 3.14. The lowest BCUT2D eigenvalue weighted by Crippen LogP contribution is -2.42. The van der Waals surface area contributed by atoms with Gasteiger partial charge in [0.15, 0.2) is 0 Å². The molecule has 3 heteroatoms. The molecule has 0 aromatic carbocycles. The van der Waals surface area contributed by atoms with Crippen molar-refractivity contribution < 1.29 is 9.47 Å². The minimum Gasteiger partial charge on any atom is -0.381 e. The highest BCUT2D eigenvalue weighted by Gasteiger charge is 2.37. The van der Waals surface area contributed by atoms with Gasteiger partial charge in [0.25, 0.3) is 0 Å². The van der Waals surface area contributed by atoms with Crippen LogP contribution in [0.2, 0.25) is 0 Å². The van der Waals surface area contributed by atoms with E-state index in [1.165, 1.54) is 32.1 Å². The van der Waals surface area contributed by atoms with Crippen LogP contribution in [0.3, 0.4) is 0 Å². The monoisotopic (exact) mass is 227 g/mol. The predicted octanol–water partition coefficient (Wildman–Crippen LogP) is 1.82. The third kappa shape index (κ3) is 3.19. The van der Waals surface area contributed by atoms with Gasteiger partial charge in [0.1, 0.15) is 0 Å². The second-order valence-corrected chi connectivity index (χ2v) is 5.22. The van der Waals surface area contributed by atoms with E-state index in [1.54, 1.807) is 0 Å². The van der Waals surface area contributed by atoms with Gasteiger partial charge in [-0.05, 0) is 51.0 Å². The highest BCUT2D eigenvalue weighted by atomic mass is 16.5. The van der Waals surface area contributed by atoms with Crippen molar-refractivity contribution in [1.29, 1.82) is 0 Å². The highest BCUT2D eigenvalue weighted by Crippen LogP contribution is 2.37. The zero-order valence-corrected chi connectivity index (χ0v) is 10.6. The van der Waals surface area contributed by atoms with Crippen LogP contribution in [0.15, 0.2) is 0 Å². The van der Waals surface area contributed by atoms with Crippen molar-refractivity contribution in [3.8, 4) is 0 Å². The smallest absolute Gasteiger partial charge is 0.0752 e. The fourth-order valence-corrected chi connectivity index (χ4v) is 2.87. The van der Waals surface area contributed by atoms with Crippen LogP contribution in [-0.4, -0.2) is 39.5 Å². The van der Waals surface area contributed by atoms with Crippen LogP contribution >= 0.6 is 0 Å². The van der Waals surface area contributed by atoms with Gasteiger partial charge in [-0.15, -0.1) is 0 Å². The summed E-state index contributed by atoms with van der Waals surface area (Å²) in [7, 11) is 3.93. The van der Waals surface area contributed by atoms with Crippen LogP contribution in [0.25, 0.3) is 0 Å². The Morgan fingerprint density at radius 3 is 2.44 bits per heavy atom. The van der Waals surface area contributed by atoms with Gasteiger partial charge < -0.3 is 14.8 Å². The molecular weight excluding hydrogens is 202 g/mol. The van der Waals surface area contributed by atoms with E-state index in [0.29, 0.717) is 12.1 Å². The Balaban J connectivity index is 1.82. The van der Waals surface area contributed by atoms with Crippen molar-refractivity contribution in [2.75, 3.05) is 27.4 Å². The molecule has 2 rings (SSSR count). The molecule has 1 N–H and O–H groups in total. The van der Waals surface area contributed by atoms with Crippen molar-refractivity contribution in [3.63, 3.8) is 0 Å². The van der Waals surface area contributed by atoms with Crippen LogP contribution in [0.4, 0.5) is 0 Å². The van der Waals surface area contributed by atoms with Gasteiger partial charge in [-0.1, -0.05) is 0 Å². The molecule has 94 valence electrons. The summed E-state index contributed by atoms with van der Waals surface area (Å²) in [6.45, 7) is 1.89. The third-order valence-corrected chi connectivity index (χ3v) is 4.05. The Bertz CT molecular complexity index is 200. The van der Waals surface area contributed by atoms with Crippen molar-refractivity contribution >= 4 is 0 Å². The van der Waals surface area contributed by atoms with Crippen LogP contribution < -0.4 is 5.32 Å². The van der Waals surface area contributed by atoms with Gasteiger partial charge in [-0.3, -0.25) is 0 Å². The second-order valence-electron chi connectivity index (χ2n) is 5.22. The van der Waals surface area contributed by atoms with Gasteiger partial charge in [0.2, 0.25) is 0 Å². The first kappa shape index (κ1) is 12.3. The van der Waals surface area contributed by atoms with E-state index in [-0.39, 0.29) is 0 Å². The quantitative estimate of drug-likeness (QED) is 0.751. The average molecular weight is 227 g/mol. The van der Waals surface area contributed by atoms with E-state index in [0.717, 1.165) is 25.0 Å². The van der Waals surface area contributed by atoms with Gasteiger partial charge in [-0.2, -0.15) is 0 Å². The molecule has 16 heavy (non-hydrogen) atoms. The van der Waals surface area contributed by atoms with Gasteiger partial charge in [-0.25, -0.2) is 0 Å². The van der Waals surface area contributed by atoms with E-state index in [4.69, 9.17) is 9.47 Å². The summed E-state index contributed by atoms with van der Waals surface area (Å²) in [5, 5.41) is 3.46. The maximum Gasteiger partial charge on any atom is 0.0752 e. The molecule has 2 unspecified atom stereocenters. The summed E-state index contributed by atoms with van der Waals surface area (Å²) in [5.74, 6) is 1.63. The van der Waals surface area contributed by atoms with E-state index in [9.17, 15) is 0 Å². The van der Waals surface area contributed by atoms with Gasteiger partial charge >= 0.3 is 0 Å². The maximum absolute atomic E-state index is 5.68. The third-order valence-electron chi connectivity index (χ3n) is 4.05. The Morgan fingerprint density at radius 1 is 1.25 bits per heavy atom. The SMILES string of the molecule is CNC(CC1CCOCC1)C(OC)C1CC1. The van der Waals surface area contributed by atoms with Gasteiger partial charge in [0.05, 0.1) is 6.10 Å². The minimum atomic E-state index is 0.424. The largest absolute Gasteiger partial charge is 0.381 e. The molecule has 2 fully saturated rings. The van der Waals surface area contributed by atoms with Crippen LogP contribution in [-0.2, 0) is 9.47 Å². The molecule has 1 aliphatic heterocycles. The van der Waals surface area contributed by atoms with E-state index in [2.05, 4.69) is 12.4 Å². The topological polar surface area (TPSA) is 30.5 Å². The molecule has 0 spiro atoms. The highest BCUT2D eigenvalue weighted by molar-refractivity contribution is 4.90. The molecule has 0 bridgehead atoms. The second kappa shape index (κ2) is 5.99. The summed E-state index contributed by atoms with van der Waals surface area (Å²) in [6.07, 6.45) is 6.82. The molecule has 0 aromatic heterocycles. The van der Waals surface area contributed by atoms with E-state index in [1.807, 2.05) is 7.11 Å². The zero-order chi connectivity index (χ0) is 11.4. The number of likely N-dealkylation sites (N-methyl/N-ethyl adjacent to an activating group) is 1. The van der Waals surface area contributed by atoms with Crippen LogP contribution in [0.5, 0.6) is 0 Å². The number of hydrogen-bond donors (Lipinski definition) is 1. The fraction of sp³-hybridized carbons (Fsp3) is 1.00. The molecule has 0 amide bonds. The van der Waals surface area contributed by atoms with Crippen molar-refractivity contribution in [3.05, 3.63) is 0 Å². The molecule has 1 saturated carbocycles. The lowest BCUT2D eigenvalue weighted by molar-refractivity contribution is 0.0252. The molecule has 1 saturated heterocycles. The molecule has 3 nitrogen and oxygen atoms in total. The van der Waals surface area contributed by atoms with Crippen molar-refractivity contribution in [2.45, 2.75) is 44.2 Å². The standard InChI is InChI=1S/C13H25NO2/c1-14-12(13(15-2)11-3-4-11)9-10-5-7-16-8-6-10/h10-14H,3-9H2,1-2H3. The normalized spacial score (nSPS) is 26.6. The number of methoxy groups -OCH3 is 1. The molecule has 0 radical (unpaired) electrons. The van der Waals surface area contributed by atoms with Crippen LogP contribution in [0.1, 0.15) is 32.1 Å². The Morgan fingerprint density at radius 2 is 1.94 bits per heavy atom. The molecule has 1 heterocycles. The van der Waals surface area contributed by atoms with E-state index >= 15 is 0 Å². The molecule has 0 aromatic rings. The minimum absolute atomic E-state index is 0.424. The number of ether oxygens (including phenoxy) is 2. The molecule has 1 aliphatic carbocycles. The Labute approximate surface area is 98.9 Å². The Kier molecular flexibility index (Phi) is 4.62. The molecule has 2 atom stereocenters. The number of hydrogen-bond acceptors (Lipinski definition) is 3. The first-order chi connectivity index (χ1) is 7.85. The lowest BCUT2D eigenvalue weighted by atomic mass is 9.89.